The molecule has 35 heavy (non-hydrogen) atoms. The summed E-state index contributed by atoms with van der Waals surface area (Å²) in [5.41, 5.74) is 2.36. The summed E-state index contributed by atoms with van der Waals surface area (Å²) in [4.78, 5) is 12.7. The zero-order valence-electron chi connectivity index (χ0n) is 20.7. The monoisotopic (exact) mass is 475 g/mol. The molecule has 0 amide bonds. The van der Waals surface area contributed by atoms with Crippen LogP contribution in [0.25, 0.3) is 6.08 Å². The van der Waals surface area contributed by atoms with Gasteiger partial charge in [0.1, 0.15) is 35.2 Å². The number of hydrogen-bond donors (Lipinski definition) is 1. The zero-order valence-corrected chi connectivity index (χ0v) is 20.7. The highest BCUT2D eigenvalue weighted by molar-refractivity contribution is 6.09. The smallest absolute Gasteiger partial charge is 0.189 e. The third-order valence-corrected chi connectivity index (χ3v) is 6.14. The molecule has 4 rings (SSSR count). The molecule has 3 aromatic rings. The second kappa shape index (κ2) is 10.8. The number of carbonyl (C=O) groups is 1. The fourth-order valence-corrected chi connectivity index (χ4v) is 4.06. The maximum absolute atomic E-state index is 12.7. The lowest BCUT2D eigenvalue weighted by molar-refractivity contribution is 0.0836. The summed E-state index contributed by atoms with van der Waals surface area (Å²) >= 11 is 0. The minimum Gasteiger partial charge on any atom is -0.507 e. The van der Waals surface area contributed by atoms with Gasteiger partial charge in [0.15, 0.2) is 5.78 Å². The van der Waals surface area contributed by atoms with E-state index in [0.29, 0.717) is 30.1 Å². The molecule has 0 fully saturated rings. The summed E-state index contributed by atoms with van der Waals surface area (Å²) in [5.74, 6) is 1.12. The number of phenols is 1. The van der Waals surface area contributed by atoms with Crippen LogP contribution in [0.2, 0.25) is 0 Å². The molecule has 0 bridgehead atoms. The molecule has 0 aliphatic carbocycles. The predicted molar refractivity (Wildman–Crippen MR) is 135 cm³/mol. The van der Waals surface area contributed by atoms with E-state index in [0.717, 1.165) is 30.6 Å². The SMILES string of the molecule is CCCCCn1cc(COc2ccc(/C=C/C(=O)c3ccc4c(c3O)CCC(C)(C)O4)cc2)nn1. The van der Waals surface area contributed by atoms with Crippen molar-refractivity contribution in [2.75, 3.05) is 0 Å². The molecule has 1 aromatic heterocycles. The van der Waals surface area contributed by atoms with Crippen molar-refractivity contribution >= 4 is 11.9 Å². The number of allylic oxidation sites excluding steroid dienone is 1. The lowest BCUT2D eigenvalue weighted by Gasteiger charge is -2.33. The highest BCUT2D eigenvalue weighted by atomic mass is 16.5. The van der Waals surface area contributed by atoms with Gasteiger partial charge in [-0.2, -0.15) is 0 Å². The Hall–Kier alpha value is -3.61. The van der Waals surface area contributed by atoms with E-state index in [-0.39, 0.29) is 22.7 Å². The Morgan fingerprint density at radius 1 is 1.20 bits per heavy atom. The first kappa shape index (κ1) is 24.5. The van der Waals surface area contributed by atoms with Crippen molar-refractivity contribution in [1.82, 2.24) is 15.0 Å². The first-order chi connectivity index (χ1) is 16.8. The van der Waals surface area contributed by atoms with E-state index in [2.05, 4.69) is 17.2 Å². The van der Waals surface area contributed by atoms with Gasteiger partial charge in [-0.3, -0.25) is 9.48 Å². The van der Waals surface area contributed by atoms with Crippen molar-refractivity contribution in [3.63, 3.8) is 0 Å². The maximum Gasteiger partial charge on any atom is 0.189 e. The fraction of sp³-hybridized carbons (Fsp3) is 0.393. The number of aryl methyl sites for hydroxylation is 1. The number of phenolic OH excluding ortho intramolecular Hbond substituents is 1. The third kappa shape index (κ3) is 6.29. The summed E-state index contributed by atoms with van der Waals surface area (Å²) in [5, 5.41) is 18.9. The van der Waals surface area contributed by atoms with Gasteiger partial charge in [-0.25, -0.2) is 0 Å². The summed E-state index contributed by atoms with van der Waals surface area (Å²) in [6.07, 6.45) is 10.0. The summed E-state index contributed by atoms with van der Waals surface area (Å²) in [6, 6.07) is 10.9. The van der Waals surface area contributed by atoms with E-state index in [1.807, 2.05) is 49.0 Å². The number of aromatic hydroxyl groups is 1. The number of hydrogen-bond acceptors (Lipinski definition) is 6. The number of rotatable bonds is 10. The molecule has 1 aliphatic heterocycles. The molecule has 0 spiro atoms. The highest BCUT2D eigenvalue weighted by Crippen LogP contribution is 2.39. The number of aromatic nitrogens is 3. The number of carbonyl (C=O) groups excluding carboxylic acids is 1. The molecule has 184 valence electrons. The van der Waals surface area contributed by atoms with Gasteiger partial charge in [0.05, 0.1) is 11.8 Å². The van der Waals surface area contributed by atoms with E-state index >= 15 is 0 Å². The Bertz CT molecular complexity index is 1200. The molecule has 7 heteroatoms. The van der Waals surface area contributed by atoms with Crippen LogP contribution in [0.1, 0.15) is 73.6 Å². The quantitative estimate of drug-likeness (QED) is 0.228. The van der Waals surface area contributed by atoms with Crippen LogP contribution in [0.15, 0.2) is 48.7 Å². The number of ketones is 1. The number of benzene rings is 2. The minimum absolute atomic E-state index is 0.0127. The van der Waals surface area contributed by atoms with Gasteiger partial charge in [-0.1, -0.05) is 43.2 Å². The summed E-state index contributed by atoms with van der Waals surface area (Å²) < 4.78 is 13.6. The Balaban J connectivity index is 1.33. The Morgan fingerprint density at radius 3 is 2.77 bits per heavy atom. The fourth-order valence-electron chi connectivity index (χ4n) is 4.06. The van der Waals surface area contributed by atoms with Crippen molar-refractivity contribution < 1.29 is 19.4 Å². The Kier molecular flexibility index (Phi) is 7.54. The van der Waals surface area contributed by atoms with Crippen LogP contribution in [0.4, 0.5) is 0 Å². The Morgan fingerprint density at radius 2 is 2.00 bits per heavy atom. The zero-order chi connectivity index (χ0) is 24.8. The first-order valence-corrected chi connectivity index (χ1v) is 12.2. The molecule has 0 unspecified atom stereocenters. The number of unbranched alkanes of at least 4 members (excludes halogenated alkanes) is 2. The van der Waals surface area contributed by atoms with Crippen LogP contribution in [0.3, 0.4) is 0 Å². The van der Waals surface area contributed by atoms with E-state index < -0.39 is 0 Å². The second-order valence-corrected chi connectivity index (χ2v) is 9.54. The van der Waals surface area contributed by atoms with Gasteiger partial charge < -0.3 is 14.6 Å². The van der Waals surface area contributed by atoms with Gasteiger partial charge in [0.25, 0.3) is 0 Å². The van der Waals surface area contributed by atoms with Crippen LogP contribution < -0.4 is 9.47 Å². The summed E-state index contributed by atoms with van der Waals surface area (Å²) in [7, 11) is 0. The average molecular weight is 476 g/mol. The normalized spacial score (nSPS) is 14.5. The van der Waals surface area contributed by atoms with E-state index in [1.165, 1.54) is 18.9 Å². The molecule has 0 radical (unpaired) electrons. The van der Waals surface area contributed by atoms with Crippen molar-refractivity contribution in [2.45, 2.75) is 71.6 Å². The van der Waals surface area contributed by atoms with Gasteiger partial charge in [0, 0.05) is 12.1 Å². The van der Waals surface area contributed by atoms with Crippen LogP contribution in [-0.4, -0.2) is 31.5 Å². The van der Waals surface area contributed by atoms with Crippen LogP contribution in [0, 0.1) is 0 Å². The van der Waals surface area contributed by atoms with Crippen LogP contribution in [-0.2, 0) is 19.6 Å². The van der Waals surface area contributed by atoms with Crippen molar-refractivity contribution in [2.24, 2.45) is 0 Å². The van der Waals surface area contributed by atoms with Gasteiger partial charge >= 0.3 is 0 Å². The lowest BCUT2D eigenvalue weighted by Crippen LogP contribution is -2.32. The van der Waals surface area contributed by atoms with Crippen molar-refractivity contribution in [3.05, 3.63) is 71.1 Å². The van der Waals surface area contributed by atoms with E-state index in [9.17, 15) is 9.90 Å². The number of ether oxygens (including phenoxy) is 2. The molecular formula is C28H33N3O4. The molecule has 2 heterocycles. The first-order valence-electron chi connectivity index (χ1n) is 12.2. The average Bonchev–Trinajstić information content (AvgIpc) is 3.29. The number of fused-ring (bicyclic) bond motifs is 1. The van der Waals surface area contributed by atoms with E-state index in [1.54, 1.807) is 18.2 Å². The van der Waals surface area contributed by atoms with Gasteiger partial charge in [0.2, 0.25) is 0 Å². The molecular weight excluding hydrogens is 442 g/mol. The van der Waals surface area contributed by atoms with Gasteiger partial charge in [-0.15, -0.1) is 5.10 Å². The van der Waals surface area contributed by atoms with Crippen molar-refractivity contribution in [3.8, 4) is 17.2 Å². The third-order valence-electron chi connectivity index (χ3n) is 6.14. The molecule has 2 aromatic carbocycles. The van der Waals surface area contributed by atoms with Gasteiger partial charge in [-0.05, 0) is 69.0 Å². The van der Waals surface area contributed by atoms with E-state index in [4.69, 9.17) is 9.47 Å². The summed E-state index contributed by atoms with van der Waals surface area (Å²) in [6.45, 7) is 7.43. The van der Waals surface area contributed by atoms with Crippen molar-refractivity contribution in [1.29, 1.82) is 0 Å². The highest BCUT2D eigenvalue weighted by Gasteiger charge is 2.29. The lowest BCUT2D eigenvalue weighted by atomic mass is 9.91. The largest absolute Gasteiger partial charge is 0.507 e. The molecule has 1 aliphatic rings. The topological polar surface area (TPSA) is 86.5 Å². The Labute approximate surface area is 206 Å². The molecule has 0 saturated carbocycles. The standard InChI is InChI=1S/C28H33N3O4/c1-4-5-6-17-31-18-21(29-30-31)19-34-22-10-7-20(8-11-22)9-13-25(32)23-12-14-26-24(27(23)33)15-16-28(2,3)35-26/h7-14,18,33H,4-6,15-17,19H2,1-3H3/b13-9+. The van der Waals surface area contributed by atoms with Crippen LogP contribution in [0.5, 0.6) is 17.2 Å². The minimum atomic E-state index is -0.270. The number of nitrogens with zero attached hydrogens (tertiary/aromatic N) is 3. The second-order valence-electron chi connectivity index (χ2n) is 9.54. The molecule has 1 N–H and O–H groups in total. The predicted octanol–water partition coefficient (Wildman–Crippen LogP) is 5.75. The molecule has 0 saturated heterocycles. The molecule has 0 atom stereocenters. The maximum atomic E-state index is 12.7. The molecule has 7 nitrogen and oxygen atoms in total. The van der Waals surface area contributed by atoms with Crippen LogP contribution >= 0.6 is 0 Å².